The normalized spacial score (nSPS) is 15.1. The maximum absolute atomic E-state index is 13.0. The third-order valence-electron chi connectivity index (χ3n) is 5.11. The smallest absolute Gasteiger partial charge is 0.282 e. The first kappa shape index (κ1) is 20.2. The van der Waals surface area contributed by atoms with Gasteiger partial charge in [0.05, 0.1) is 27.8 Å². The average molecular weight is 445 g/mol. The van der Waals surface area contributed by atoms with Gasteiger partial charge in [-0.1, -0.05) is 23.7 Å². The number of aryl methyl sites for hydroxylation is 1. The van der Waals surface area contributed by atoms with E-state index in [9.17, 15) is 19.1 Å². The number of anilines is 1. The molecule has 0 fully saturated rings. The van der Waals surface area contributed by atoms with Crippen LogP contribution in [-0.2, 0) is 22.3 Å². The lowest BCUT2D eigenvalue weighted by Gasteiger charge is -2.14. The molecule has 1 unspecified atom stereocenters. The second-order valence-corrected chi connectivity index (χ2v) is 8.90. The van der Waals surface area contributed by atoms with E-state index >= 15 is 0 Å². The molecule has 0 saturated heterocycles. The third-order valence-corrected chi connectivity index (χ3v) is 6.55. The molecule has 30 heavy (non-hydrogen) atoms. The van der Waals surface area contributed by atoms with E-state index in [2.05, 4.69) is 10.4 Å². The van der Waals surface area contributed by atoms with Gasteiger partial charge < -0.3 is 5.32 Å². The summed E-state index contributed by atoms with van der Waals surface area (Å²) >= 11 is 5.97. The van der Waals surface area contributed by atoms with E-state index < -0.39 is 21.6 Å². The zero-order chi connectivity index (χ0) is 21.6. The van der Waals surface area contributed by atoms with Crippen molar-refractivity contribution < 1.29 is 13.9 Å². The van der Waals surface area contributed by atoms with Crippen LogP contribution in [0.2, 0.25) is 5.02 Å². The van der Waals surface area contributed by atoms with Crippen molar-refractivity contribution >= 4 is 39.8 Å². The SMILES string of the molecule is Cc1cccc(-n2nc3c(c2NC(=O)c2cc(Cl)ccc2[N+](=O)[O-])CS(=O)C3)c1C. The van der Waals surface area contributed by atoms with Crippen molar-refractivity contribution in [3.8, 4) is 5.69 Å². The second-order valence-electron chi connectivity index (χ2n) is 7.01. The Morgan fingerprint density at radius 2 is 2.03 bits per heavy atom. The van der Waals surface area contributed by atoms with Crippen LogP contribution in [-0.4, -0.2) is 24.8 Å². The van der Waals surface area contributed by atoms with Crippen LogP contribution in [0, 0.1) is 24.0 Å². The number of nitrogens with zero attached hydrogens (tertiary/aromatic N) is 3. The Bertz CT molecular complexity index is 1240. The molecule has 4 rings (SSSR count). The van der Waals surface area contributed by atoms with Gasteiger partial charge in [-0.2, -0.15) is 5.10 Å². The van der Waals surface area contributed by atoms with Crippen LogP contribution < -0.4 is 5.32 Å². The van der Waals surface area contributed by atoms with E-state index in [0.717, 1.165) is 16.8 Å². The summed E-state index contributed by atoms with van der Waals surface area (Å²) in [4.78, 5) is 23.7. The van der Waals surface area contributed by atoms with E-state index in [4.69, 9.17) is 11.6 Å². The largest absolute Gasteiger partial charge is 0.306 e. The molecule has 1 amide bonds. The number of carbonyl (C=O) groups is 1. The van der Waals surface area contributed by atoms with Gasteiger partial charge >= 0.3 is 0 Å². The molecule has 3 aromatic rings. The lowest BCUT2D eigenvalue weighted by atomic mass is 10.1. The molecule has 1 aromatic heterocycles. The van der Waals surface area contributed by atoms with Gasteiger partial charge in [0, 0.05) is 27.5 Å². The Labute approximate surface area is 179 Å². The lowest BCUT2D eigenvalue weighted by molar-refractivity contribution is -0.385. The second kappa shape index (κ2) is 7.66. The molecule has 0 radical (unpaired) electrons. The first-order chi connectivity index (χ1) is 14.3. The number of nitro groups is 1. The van der Waals surface area contributed by atoms with Crippen LogP contribution >= 0.6 is 11.6 Å². The first-order valence-electron chi connectivity index (χ1n) is 9.04. The van der Waals surface area contributed by atoms with Crippen molar-refractivity contribution in [3.63, 3.8) is 0 Å². The molecule has 10 heteroatoms. The minimum atomic E-state index is -1.10. The van der Waals surface area contributed by atoms with Gasteiger partial charge in [-0.3, -0.25) is 19.1 Å². The average Bonchev–Trinajstić information content (AvgIpc) is 3.20. The molecule has 1 atom stereocenters. The number of hydrogen-bond donors (Lipinski definition) is 1. The zero-order valence-electron chi connectivity index (χ0n) is 16.1. The highest BCUT2D eigenvalue weighted by atomic mass is 35.5. The lowest BCUT2D eigenvalue weighted by Crippen LogP contribution is -2.18. The molecule has 1 aliphatic rings. The Kier molecular flexibility index (Phi) is 5.17. The summed E-state index contributed by atoms with van der Waals surface area (Å²) < 4.78 is 13.7. The number of aromatic nitrogens is 2. The van der Waals surface area contributed by atoms with Gasteiger partial charge in [0.15, 0.2) is 0 Å². The maximum Gasteiger partial charge on any atom is 0.282 e. The molecule has 0 saturated carbocycles. The highest BCUT2D eigenvalue weighted by Crippen LogP contribution is 2.33. The van der Waals surface area contributed by atoms with Crippen molar-refractivity contribution in [2.24, 2.45) is 0 Å². The standard InChI is InChI=1S/C20H17ClN4O4S/c1-11-4-3-5-17(12(11)2)24-19(15-9-30(29)10-16(15)23-24)22-20(26)14-8-13(21)6-7-18(14)25(27)28/h3-8H,9-10H2,1-2H3,(H,22,26). The fourth-order valence-electron chi connectivity index (χ4n) is 3.42. The molecule has 2 aromatic carbocycles. The van der Waals surface area contributed by atoms with Crippen LogP contribution in [0.25, 0.3) is 5.69 Å². The van der Waals surface area contributed by atoms with Crippen molar-refractivity contribution in [1.82, 2.24) is 9.78 Å². The van der Waals surface area contributed by atoms with E-state index in [1.165, 1.54) is 18.2 Å². The predicted octanol–water partition coefficient (Wildman–Crippen LogP) is 4.07. The molecule has 0 spiro atoms. The van der Waals surface area contributed by atoms with E-state index in [1.807, 2.05) is 32.0 Å². The fraction of sp³-hybridized carbons (Fsp3) is 0.200. The number of halogens is 1. The Balaban J connectivity index is 1.83. The number of hydrogen-bond acceptors (Lipinski definition) is 5. The molecule has 1 N–H and O–H groups in total. The molecular weight excluding hydrogens is 428 g/mol. The van der Waals surface area contributed by atoms with Crippen molar-refractivity contribution in [1.29, 1.82) is 0 Å². The monoisotopic (exact) mass is 444 g/mol. The van der Waals surface area contributed by atoms with Crippen LogP contribution in [0.15, 0.2) is 36.4 Å². The topological polar surface area (TPSA) is 107 Å². The summed E-state index contributed by atoms with van der Waals surface area (Å²) in [5.74, 6) is 0.237. The van der Waals surface area contributed by atoms with Crippen molar-refractivity contribution in [3.05, 3.63) is 79.5 Å². The fourth-order valence-corrected chi connectivity index (χ4v) is 4.86. The van der Waals surface area contributed by atoms with Crippen LogP contribution in [0.1, 0.15) is 32.7 Å². The van der Waals surface area contributed by atoms with Gasteiger partial charge in [-0.05, 0) is 43.2 Å². The Hall–Kier alpha value is -3.04. The van der Waals surface area contributed by atoms with Crippen molar-refractivity contribution in [2.45, 2.75) is 25.4 Å². The summed E-state index contributed by atoms with van der Waals surface area (Å²) in [7, 11) is -1.10. The summed E-state index contributed by atoms with van der Waals surface area (Å²) in [5, 5.41) is 18.9. The van der Waals surface area contributed by atoms with Gasteiger partial charge in [-0.15, -0.1) is 0 Å². The van der Waals surface area contributed by atoms with Gasteiger partial charge in [0.25, 0.3) is 11.6 Å². The van der Waals surface area contributed by atoms with Crippen LogP contribution in [0.5, 0.6) is 0 Å². The van der Waals surface area contributed by atoms with Crippen LogP contribution in [0.4, 0.5) is 11.5 Å². The summed E-state index contributed by atoms with van der Waals surface area (Å²) in [6.45, 7) is 3.92. The summed E-state index contributed by atoms with van der Waals surface area (Å²) in [5.41, 5.74) is 3.60. The molecule has 1 aliphatic heterocycles. The molecule has 154 valence electrons. The number of nitrogens with one attached hydrogen (secondary N) is 1. The number of fused-ring (bicyclic) bond motifs is 1. The maximum atomic E-state index is 13.0. The third kappa shape index (κ3) is 3.50. The Morgan fingerprint density at radius 1 is 1.27 bits per heavy atom. The number of carbonyl (C=O) groups excluding carboxylic acids is 1. The first-order valence-corrected chi connectivity index (χ1v) is 10.9. The van der Waals surface area contributed by atoms with E-state index in [1.54, 1.807) is 4.68 Å². The highest BCUT2D eigenvalue weighted by Gasteiger charge is 2.30. The van der Waals surface area contributed by atoms with Gasteiger partial charge in [0.2, 0.25) is 0 Å². The zero-order valence-corrected chi connectivity index (χ0v) is 17.7. The van der Waals surface area contributed by atoms with Gasteiger partial charge in [-0.25, -0.2) is 4.68 Å². The number of rotatable bonds is 4. The quantitative estimate of drug-likeness (QED) is 0.482. The number of nitro benzene ring substituents is 1. The molecule has 0 bridgehead atoms. The van der Waals surface area contributed by atoms with Crippen molar-refractivity contribution in [2.75, 3.05) is 5.32 Å². The molecule has 2 heterocycles. The molecule has 0 aliphatic carbocycles. The summed E-state index contributed by atoms with van der Waals surface area (Å²) in [6.07, 6.45) is 0. The van der Waals surface area contributed by atoms with Gasteiger partial charge in [0.1, 0.15) is 11.4 Å². The Morgan fingerprint density at radius 3 is 2.77 bits per heavy atom. The predicted molar refractivity (Wildman–Crippen MR) is 115 cm³/mol. The number of benzene rings is 2. The summed E-state index contributed by atoms with van der Waals surface area (Å²) in [6, 6.07) is 9.54. The number of amides is 1. The highest BCUT2D eigenvalue weighted by molar-refractivity contribution is 7.83. The molecule has 8 nitrogen and oxygen atoms in total. The minimum absolute atomic E-state index is 0.158. The molecular formula is C20H17ClN4O4S. The van der Waals surface area contributed by atoms with E-state index in [-0.39, 0.29) is 22.0 Å². The van der Waals surface area contributed by atoms with E-state index in [0.29, 0.717) is 22.8 Å². The minimum Gasteiger partial charge on any atom is -0.306 e. The van der Waals surface area contributed by atoms with Crippen LogP contribution in [0.3, 0.4) is 0 Å².